The van der Waals surface area contributed by atoms with Crippen molar-refractivity contribution in [3.63, 3.8) is 0 Å². The topological polar surface area (TPSA) is 59.1 Å². The van der Waals surface area contributed by atoms with Crippen molar-refractivity contribution in [2.45, 2.75) is 26.0 Å². The Morgan fingerprint density at radius 2 is 1.50 bits per heavy atom. The third-order valence-corrected chi connectivity index (χ3v) is 6.21. The van der Waals surface area contributed by atoms with E-state index in [1.807, 2.05) is 74.5 Å². The number of carbonyl (C=O) groups is 2. The van der Waals surface area contributed by atoms with Crippen LogP contribution in [0.15, 0.2) is 84.9 Å². The first-order valence-electron chi connectivity index (χ1n) is 10.7. The third kappa shape index (κ3) is 2.99. The second kappa shape index (κ2) is 7.80. The summed E-state index contributed by atoms with van der Waals surface area (Å²) in [5.74, 6) is 0.0559. The van der Waals surface area contributed by atoms with Gasteiger partial charge in [-0.1, -0.05) is 48.5 Å². The monoisotopic (exact) mass is 428 g/mol. The number of nitrogens with zero attached hydrogens (tertiary/aromatic N) is 2. The Kier molecular flexibility index (Phi) is 4.94. The van der Waals surface area contributed by atoms with Crippen molar-refractivity contribution in [1.29, 1.82) is 0 Å². The zero-order chi connectivity index (χ0) is 22.3. The highest BCUT2D eigenvalue weighted by Gasteiger charge is 2.68. The molecule has 5 rings (SSSR count). The van der Waals surface area contributed by atoms with Crippen LogP contribution in [-0.2, 0) is 14.4 Å². The molecule has 0 bridgehead atoms. The van der Waals surface area contributed by atoms with E-state index in [2.05, 4.69) is 0 Å². The fourth-order valence-electron chi connectivity index (χ4n) is 4.66. The molecule has 2 saturated heterocycles. The third-order valence-electron chi connectivity index (χ3n) is 6.21. The van der Waals surface area contributed by atoms with E-state index < -0.39 is 17.6 Å². The SMILES string of the molecule is CCOc1ccc(N2C(=O)[C@@H]3ON(c4ccccc4)[C@@H](c4ccccc4)[C@]3(C)C2=O)cc1. The average Bonchev–Trinajstić information content (AvgIpc) is 3.24. The number of amides is 2. The van der Waals surface area contributed by atoms with Crippen LogP contribution >= 0.6 is 0 Å². The lowest BCUT2D eigenvalue weighted by molar-refractivity contribution is -0.128. The van der Waals surface area contributed by atoms with Crippen LogP contribution < -0.4 is 14.7 Å². The fourth-order valence-corrected chi connectivity index (χ4v) is 4.66. The predicted molar refractivity (Wildman–Crippen MR) is 121 cm³/mol. The number of para-hydroxylation sites is 1. The molecular formula is C26H24N2O4. The van der Waals surface area contributed by atoms with Gasteiger partial charge in [0.05, 0.1) is 24.0 Å². The van der Waals surface area contributed by atoms with Gasteiger partial charge < -0.3 is 4.74 Å². The standard InChI is InChI=1S/C26H24N2O4/c1-3-31-21-16-14-19(15-17-21)27-24(29)23-26(2,25(27)30)22(18-10-6-4-7-11-18)28(32-23)20-12-8-5-9-13-20/h4-17,22-23H,3H2,1-2H3/t22-,23-,26-/m0/s1. The van der Waals surface area contributed by atoms with Crippen molar-refractivity contribution in [2.24, 2.45) is 5.41 Å². The van der Waals surface area contributed by atoms with Gasteiger partial charge in [-0.15, -0.1) is 0 Å². The van der Waals surface area contributed by atoms with Gasteiger partial charge in [-0.2, -0.15) is 0 Å². The number of hydroxylamine groups is 1. The summed E-state index contributed by atoms with van der Waals surface area (Å²) in [6.45, 7) is 4.28. The summed E-state index contributed by atoms with van der Waals surface area (Å²) < 4.78 is 5.49. The molecular weight excluding hydrogens is 404 g/mol. The Balaban J connectivity index is 1.57. The number of anilines is 2. The van der Waals surface area contributed by atoms with Crippen LogP contribution in [0.25, 0.3) is 0 Å². The Bertz CT molecular complexity index is 1130. The van der Waals surface area contributed by atoms with E-state index in [1.165, 1.54) is 4.90 Å². The minimum Gasteiger partial charge on any atom is -0.494 e. The molecule has 0 aliphatic carbocycles. The molecule has 0 saturated carbocycles. The molecule has 3 aromatic rings. The van der Waals surface area contributed by atoms with Crippen molar-refractivity contribution in [3.05, 3.63) is 90.5 Å². The van der Waals surface area contributed by atoms with Gasteiger partial charge in [-0.05, 0) is 55.8 Å². The average molecular weight is 428 g/mol. The molecule has 0 aromatic heterocycles. The molecule has 0 N–H and O–H groups in total. The molecule has 2 amide bonds. The number of hydrogen-bond acceptors (Lipinski definition) is 5. The van der Waals surface area contributed by atoms with Crippen LogP contribution in [0.3, 0.4) is 0 Å². The molecule has 0 spiro atoms. The Labute approximate surface area is 186 Å². The number of ether oxygens (including phenoxy) is 1. The molecule has 32 heavy (non-hydrogen) atoms. The van der Waals surface area contributed by atoms with Crippen molar-refractivity contribution in [2.75, 3.05) is 16.6 Å². The van der Waals surface area contributed by atoms with E-state index in [0.29, 0.717) is 18.0 Å². The van der Waals surface area contributed by atoms with E-state index in [9.17, 15) is 9.59 Å². The van der Waals surface area contributed by atoms with Crippen LogP contribution in [0.1, 0.15) is 25.5 Å². The van der Waals surface area contributed by atoms with Gasteiger partial charge in [0.1, 0.15) is 11.2 Å². The first-order chi connectivity index (χ1) is 15.6. The van der Waals surface area contributed by atoms with E-state index in [1.54, 1.807) is 29.3 Å². The highest BCUT2D eigenvalue weighted by atomic mass is 16.7. The second-order valence-corrected chi connectivity index (χ2v) is 8.15. The molecule has 3 aromatic carbocycles. The minimum atomic E-state index is -1.09. The molecule has 0 radical (unpaired) electrons. The largest absolute Gasteiger partial charge is 0.494 e. The molecule has 2 fully saturated rings. The van der Waals surface area contributed by atoms with Crippen molar-refractivity contribution in [3.8, 4) is 5.75 Å². The Hall–Kier alpha value is -3.64. The number of rotatable bonds is 5. The molecule has 6 heteroatoms. The van der Waals surface area contributed by atoms with Crippen LogP contribution in [0, 0.1) is 5.41 Å². The van der Waals surface area contributed by atoms with Gasteiger partial charge >= 0.3 is 0 Å². The van der Waals surface area contributed by atoms with E-state index in [-0.39, 0.29) is 11.8 Å². The number of imide groups is 1. The molecule has 3 atom stereocenters. The maximum atomic E-state index is 13.9. The molecule has 2 aliphatic heterocycles. The van der Waals surface area contributed by atoms with Gasteiger partial charge in [0, 0.05) is 0 Å². The lowest BCUT2D eigenvalue weighted by Gasteiger charge is -2.32. The van der Waals surface area contributed by atoms with E-state index in [4.69, 9.17) is 9.57 Å². The van der Waals surface area contributed by atoms with Crippen LogP contribution in [0.2, 0.25) is 0 Å². The van der Waals surface area contributed by atoms with E-state index in [0.717, 1.165) is 11.3 Å². The zero-order valence-corrected chi connectivity index (χ0v) is 18.0. The number of carbonyl (C=O) groups excluding carboxylic acids is 2. The number of hydrogen-bond donors (Lipinski definition) is 0. The zero-order valence-electron chi connectivity index (χ0n) is 18.0. The maximum Gasteiger partial charge on any atom is 0.266 e. The summed E-state index contributed by atoms with van der Waals surface area (Å²) in [7, 11) is 0. The highest BCUT2D eigenvalue weighted by Crippen LogP contribution is 2.55. The maximum absolute atomic E-state index is 13.9. The van der Waals surface area contributed by atoms with Gasteiger partial charge in [0.15, 0.2) is 6.10 Å². The smallest absolute Gasteiger partial charge is 0.266 e. The predicted octanol–water partition coefficient (Wildman–Crippen LogP) is 4.53. The molecule has 2 aliphatic rings. The Morgan fingerprint density at radius 3 is 2.12 bits per heavy atom. The quantitative estimate of drug-likeness (QED) is 0.559. The van der Waals surface area contributed by atoms with Gasteiger partial charge in [0.25, 0.3) is 5.91 Å². The van der Waals surface area contributed by atoms with Crippen molar-refractivity contribution in [1.82, 2.24) is 0 Å². The van der Waals surface area contributed by atoms with E-state index >= 15 is 0 Å². The van der Waals surface area contributed by atoms with Gasteiger partial charge in [0.2, 0.25) is 5.91 Å². The molecule has 2 heterocycles. The normalized spacial score (nSPS) is 24.7. The second-order valence-electron chi connectivity index (χ2n) is 8.15. The summed E-state index contributed by atoms with van der Waals surface area (Å²) >= 11 is 0. The lowest BCUT2D eigenvalue weighted by Crippen LogP contribution is -2.41. The van der Waals surface area contributed by atoms with Gasteiger partial charge in [-0.3, -0.25) is 14.4 Å². The van der Waals surface area contributed by atoms with Crippen molar-refractivity contribution >= 4 is 23.2 Å². The molecule has 0 unspecified atom stereocenters. The summed E-state index contributed by atoms with van der Waals surface area (Å²) in [5, 5.41) is 1.71. The molecule has 6 nitrogen and oxygen atoms in total. The Morgan fingerprint density at radius 1 is 0.875 bits per heavy atom. The molecule has 162 valence electrons. The summed E-state index contributed by atoms with van der Waals surface area (Å²) in [6, 6.07) is 25.8. The highest BCUT2D eigenvalue weighted by molar-refractivity contribution is 6.25. The first kappa shape index (κ1) is 20.3. The summed E-state index contributed by atoms with van der Waals surface area (Å²) in [4.78, 5) is 34.8. The fraction of sp³-hybridized carbons (Fsp3) is 0.231. The first-order valence-corrected chi connectivity index (χ1v) is 10.7. The minimum absolute atomic E-state index is 0.274. The van der Waals surface area contributed by atoms with Crippen LogP contribution in [-0.4, -0.2) is 24.5 Å². The number of benzene rings is 3. The summed E-state index contributed by atoms with van der Waals surface area (Å²) in [5.41, 5.74) is 1.13. The van der Waals surface area contributed by atoms with Gasteiger partial charge in [-0.25, -0.2) is 9.96 Å². The van der Waals surface area contributed by atoms with Crippen molar-refractivity contribution < 1.29 is 19.2 Å². The van der Waals surface area contributed by atoms with Crippen LogP contribution in [0.4, 0.5) is 11.4 Å². The summed E-state index contributed by atoms with van der Waals surface area (Å²) in [6.07, 6.45) is -0.924. The van der Waals surface area contributed by atoms with Crippen LogP contribution in [0.5, 0.6) is 5.75 Å². The lowest BCUT2D eigenvalue weighted by atomic mass is 9.76. The number of fused-ring (bicyclic) bond motifs is 1.